The van der Waals surface area contributed by atoms with Crippen molar-refractivity contribution < 1.29 is 5.11 Å². The minimum Gasteiger partial charge on any atom is -0.393 e. The predicted molar refractivity (Wildman–Crippen MR) is 52.3 cm³/mol. The average Bonchev–Trinajstić information content (AvgIpc) is 2.14. The lowest BCUT2D eigenvalue weighted by Crippen LogP contribution is -2.53. The van der Waals surface area contributed by atoms with Gasteiger partial charge < -0.3 is 16.2 Å². The van der Waals surface area contributed by atoms with Gasteiger partial charge in [-0.2, -0.15) is 0 Å². The summed E-state index contributed by atoms with van der Waals surface area (Å²) in [6.07, 6.45) is 4.29. The Morgan fingerprint density at radius 1 is 1.31 bits per heavy atom. The SMILES string of the molecule is NCC1(C2CCNCC2)CC(O)C1. The summed E-state index contributed by atoms with van der Waals surface area (Å²) in [5.41, 5.74) is 6.12. The van der Waals surface area contributed by atoms with Crippen LogP contribution in [0.1, 0.15) is 25.7 Å². The maximum atomic E-state index is 9.37. The van der Waals surface area contributed by atoms with E-state index in [9.17, 15) is 5.11 Å². The van der Waals surface area contributed by atoms with Gasteiger partial charge in [-0.1, -0.05) is 0 Å². The number of nitrogens with two attached hydrogens (primary N) is 1. The standard InChI is InChI=1S/C10H20N2O/c11-7-10(5-9(13)6-10)8-1-3-12-4-2-8/h8-9,12-13H,1-7,11H2. The first-order chi connectivity index (χ1) is 6.27. The normalized spacial score (nSPS) is 41.5. The Balaban J connectivity index is 1.95. The second kappa shape index (κ2) is 3.56. The molecular formula is C10H20N2O. The molecule has 0 aromatic heterocycles. The maximum absolute atomic E-state index is 9.37. The molecule has 13 heavy (non-hydrogen) atoms. The molecule has 76 valence electrons. The van der Waals surface area contributed by atoms with Crippen molar-refractivity contribution in [2.24, 2.45) is 17.1 Å². The summed E-state index contributed by atoms with van der Waals surface area (Å²) in [5.74, 6) is 0.752. The Bertz CT molecular complexity index is 172. The highest BCUT2D eigenvalue weighted by Crippen LogP contribution is 2.49. The Morgan fingerprint density at radius 2 is 1.92 bits per heavy atom. The molecule has 0 bridgehead atoms. The number of piperidine rings is 1. The summed E-state index contributed by atoms with van der Waals surface area (Å²) in [7, 11) is 0. The predicted octanol–water partition coefficient (Wildman–Crippen LogP) is 0.0858. The van der Waals surface area contributed by atoms with Gasteiger partial charge in [-0.05, 0) is 56.7 Å². The van der Waals surface area contributed by atoms with Crippen LogP contribution in [0, 0.1) is 11.3 Å². The lowest BCUT2D eigenvalue weighted by molar-refractivity contribution is -0.0714. The van der Waals surface area contributed by atoms with E-state index in [1.54, 1.807) is 0 Å². The van der Waals surface area contributed by atoms with Crippen LogP contribution in [0.4, 0.5) is 0 Å². The Hall–Kier alpha value is -0.120. The second-order valence-corrected chi connectivity index (χ2v) is 4.65. The van der Waals surface area contributed by atoms with Crippen molar-refractivity contribution >= 4 is 0 Å². The summed E-state index contributed by atoms with van der Waals surface area (Å²) < 4.78 is 0. The highest BCUT2D eigenvalue weighted by Gasteiger charge is 2.47. The molecule has 2 rings (SSSR count). The van der Waals surface area contributed by atoms with E-state index in [4.69, 9.17) is 5.73 Å². The molecule has 2 aliphatic rings. The van der Waals surface area contributed by atoms with Crippen molar-refractivity contribution in [1.82, 2.24) is 5.32 Å². The van der Waals surface area contributed by atoms with Crippen molar-refractivity contribution in [3.05, 3.63) is 0 Å². The third kappa shape index (κ3) is 1.60. The molecule has 1 aliphatic heterocycles. The van der Waals surface area contributed by atoms with Crippen molar-refractivity contribution in [2.45, 2.75) is 31.8 Å². The molecule has 0 atom stereocenters. The number of rotatable bonds is 2. The van der Waals surface area contributed by atoms with Crippen molar-refractivity contribution in [2.75, 3.05) is 19.6 Å². The molecule has 0 spiro atoms. The molecule has 3 heteroatoms. The first-order valence-corrected chi connectivity index (χ1v) is 5.36. The van der Waals surface area contributed by atoms with Gasteiger partial charge in [-0.25, -0.2) is 0 Å². The lowest BCUT2D eigenvalue weighted by atomic mass is 9.57. The molecule has 2 fully saturated rings. The van der Waals surface area contributed by atoms with Crippen molar-refractivity contribution in [3.63, 3.8) is 0 Å². The summed E-state index contributed by atoms with van der Waals surface area (Å²) in [6, 6.07) is 0. The zero-order valence-corrected chi connectivity index (χ0v) is 8.13. The van der Waals surface area contributed by atoms with Crippen LogP contribution in [0.25, 0.3) is 0 Å². The second-order valence-electron chi connectivity index (χ2n) is 4.65. The molecule has 0 unspecified atom stereocenters. The monoisotopic (exact) mass is 184 g/mol. The zero-order valence-electron chi connectivity index (χ0n) is 8.13. The van der Waals surface area contributed by atoms with Gasteiger partial charge in [-0.3, -0.25) is 0 Å². The highest BCUT2D eigenvalue weighted by atomic mass is 16.3. The minimum absolute atomic E-state index is 0.0709. The quantitative estimate of drug-likeness (QED) is 0.570. The molecule has 0 radical (unpaired) electrons. The first-order valence-electron chi connectivity index (χ1n) is 5.36. The van der Waals surface area contributed by atoms with Gasteiger partial charge in [0.2, 0.25) is 0 Å². The first kappa shape index (κ1) is 9.44. The fourth-order valence-corrected chi connectivity index (χ4v) is 2.98. The summed E-state index contributed by atoms with van der Waals surface area (Å²) in [4.78, 5) is 0. The van der Waals surface area contributed by atoms with Gasteiger partial charge >= 0.3 is 0 Å². The fourth-order valence-electron chi connectivity index (χ4n) is 2.98. The van der Waals surface area contributed by atoms with E-state index in [1.807, 2.05) is 0 Å². The van der Waals surface area contributed by atoms with Crippen LogP contribution in [0.5, 0.6) is 0 Å². The number of aliphatic hydroxyl groups excluding tert-OH is 1. The third-order valence-electron chi connectivity index (χ3n) is 3.90. The summed E-state index contributed by atoms with van der Waals surface area (Å²) in [6.45, 7) is 3.01. The van der Waals surface area contributed by atoms with Crippen molar-refractivity contribution in [3.8, 4) is 0 Å². The van der Waals surface area contributed by atoms with E-state index >= 15 is 0 Å². The molecular weight excluding hydrogens is 164 g/mol. The molecule has 0 amide bonds. The van der Waals surface area contributed by atoms with Crippen LogP contribution >= 0.6 is 0 Å². The Morgan fingerprint density at radius 3 is 2.38 bits per heavy atom. The number of aliphatic hydroxyl groups is 1. The molecule has 4 N–H and O–H groups in total. The van der Waals surface area contributed by atoms with Gasteiger partial charge in [-0.15, -0.1) is 0 Å². The average molecular weight is 184 g/mol. The summed E-state index contributed by atoms with van der Waals surface area (Å²) in [5, 5.41) is 12.7. The van der Waals surface area contributed by atoms with E-state index in [1.165, 1.54) is 12.8 Å². The maximum Gasteiger partial charge on any atom is 0.0552 e. The van der Waals surface area contributed by atoms with E-state index in [0.29, 0.717) is 5.41 Å². The molecule has 1 heterocycles. The zero-order chi connectivity index (χ0) is 9.31. The topological polar surface area (TPSA) is 58.3 Å². The smallest absolute Gasteiger partial charge is 0.0552 e. The van der Waals surface area contributed by atoms with Crippen LogP contribution in [0.3, 0.4) is 0 Å². The third-order valence-corrected chi connectivity index (χ3v) is 3.90. The van der Waals surface area contributed by atoms with Gasteiger partial charge in [0, 0.05) is 0 Å². The van der Waals surface area contributed by atoms with Gasteiger partial charge in [0.05, 0.1) is 6.10 Å². The molecule has 1 saturated heterocycles. The molecule has 0 aromatic rings. The van der Waals surface area contributed by atoms with Gasteiger partial charge in [0.1, 0.15) is 0 Å². The lowest BCUT2D eigenvalue weighted by Gasteiger charge is -2.51. The minimum atomic E-state index is -0.0709. The van der Waals surface area contributed by atoms with Gasteiger partial charge in [0.15, 0.2) is 0 Å². The van der Waals surface area contributed by atoms with Crippen LogP contribution < -0.4 is 11.1 Å². The highest BCUT2D eigenvalue weighted by molar-refractivity contribution is 5.00. The molecule has 0 aromatic carbocycles. The van der Waals surface area contributed by atoms with E-state index in [-0.39, 0.29) is 6.10 Å². The molecule has 1 saturated carbocycles. The van der Waals surface area contributed by atoms with E-state index in [2.05, 4.69) is 5.32 Å². The van der Waals surface area contributed by atoms with E-state index < -0.39 is 0 Å². The van der Waals surface area contributed by atoms with Crippen molar-refractivity contribution in [1.29, 1.82) is 0 Å². The largest absolute Gasteiger partial charge is 0.393 e. The van der Waals surface area contributed by atoms with Gasteiger partial charge in [0.25, 0.3) is 0 Å². The Labute approximate surface area is 79.7 Å². The fraction of sp³-hybridized carbons (Fsp3) is 1.00. The molecule has 1 aliphatic carbocycles. The van der Waals surface area contributed by atoms with Crippen LogP contribution in [0.15, 0.2) is 0 Å². The number of hydrogen-bond acceptors (Lipinski definition) is 3. The Kier molecular flexibility index (Phi) is 2.58. The van der Waals surface area contributed by atoms with Crippen LogP contribution in [-0.2, 0) is 0 Å². The number of hydrogen-bond donors (Lipinski definition) is 3. The number of nitrogens with one attached hydrogen (secondary N) is 1. The van der Waals surface area contributed by atoms with E-state index in [0.717, 1.165) is 38.4 Å². The summed E-state index contributed by atoms with van der Waals surface area (Å²) >= 11 is 0. The molecule has 3 nitrogen and oxygen atoms in total. The van der Waals surface area contributed by atoms with Crippen LogP contribution in [-0.4, -0.2) is 30.8 Å². The van der Waals surface area contributed by atoms with Crippen LogP contribution in [0.2, 0.25) is 0 Å².